The molecule has 1 aromatic heterocycles. The summed E-state index contributed by atoms with van der Waals surface area (Å²) >= 11 is 0. The number of aromatic nitrogens is 2. The monoisotopic (exact) mass is 654 g/mol. The number of methoxy groups -OCH3 is 1. The van der Waals surface area contributed by atoms with Gasteiger partial charge in [0.25, 0.3) is 0 Å². The smallest absolute Gasteiger partial charge is 0.350 e. The zero-order valence-corrected chi connectivity index (χ0v) is 26.8. The minimum absolute atomic E-state index is 0.147. The summed E-state index contributed by atoms with van der Waals surface area (Å²) in [6.45, 7) is 0.595. The Kier molecular flexibility index (Phi) is 10.0. The first-order valence-corrected chi connectivity index (χ1v) is 15.8. The highest BCUT2D eigenvalue weighted by Crippen LogP contribution is 2.34. The van der Waals surface area contributed by atoms with Crippen molar-refractivity contribution in [2.75, 3.05) is 13.7 Å². The number of aryl methyl sites for hydroxylation is 1. The molecule has 2 heterocycles. The zero-order valence-electron chi connectivity index (χ0n) is 26.8. The molecule has 0 aliphatic carbocycles. The molecule has 5 aromatic rings. The first-order chi connectivity index (χ1) is 23.9. The van der Waals surface area contributed by atoms with E-state index in [2.05, 4.69) is 27.6 Å². The number of carboxylic acid groups (broad SMARTS) is 1. The molecule has 1 aliphatic rings. The third-order valence-electron chi connectivity index (χ3n) is 8.14. The molecule has 1 amide bonds. The average molecular weight is 655 g/mol. The van der Waals surface area contributed by atoms with Gasteiger partial charge in [-0.15, -0.1) is 0 Å². The predicted molar refractivity (Wildman–Crippen MR) is 187 cm³/mol. The highest BCUT2D eigenvalue weighted by molar-refractivity contribution is 6.04. The summed E-state index contributed by atoms with van der Waals surface area (Å²) in [7, 11) is 1.31. The van der Waals surface area contributed by atoms with E-state index in [0.717, 1.165) is 46.4 Å². The van der Waals surface area contributed by atoms with Crippen molar-refractivity contribution in [1.82, 2.24) is 15.3 Å². The fourth-order valence-corrected chi connectivity index (χ4v) is 5.47. The molecule has 10 nitrogen and oxygen atoms in total. The molecule has 0 saturated carbocycles. The van der Waals surface area contributed by atoms with Gasteiger partial charge in [0, 0.05) is 35.7 Å². The number of aromatic carboxylic acids is 1. The number of imidazole rings is 1. The van der Waals surface area contributed by atoms with Crippen LogP contribution in [0, 0.1) is 0 Å². The largest absolute Gasteiger partial charge is 0.478 e. The minimum Gasteiger partial charge on any atom is -0.478 e. The van der Waals surface area contributed by atoms with Gasteiger partial charge < -0.3 is 25.0 Å². The molecule has 1 unspecified atom stereocenters. The lowest BCUT2D eigenvalue weighted by molar-refractivity contribution is -0.152. The number of hydrogen-bond acceptors (Lipinski definition) is 7. The normalized spacial score (nSPS) is 13.9. The number of oxime groups is 1. The Labute approximate surface area is 283 Å². The van der Waals surface area contributed by atoms with Crippen molar-refractivity contribution in [3.8, 4) is 33.9 Å². The quantitative estimate of drug-likeness (QED) is 0.0788. The lowest BCUT2D eigenvalue weighted by Crippen LogP contribution is -2.22. The topological polar surface area (TPSA) is 143 Å². The third-order valence-corrected chi connectivity index (χ3v) is 8.14. The van der Waals surface area contributed by atoms with Crippen molar-refractivity contribution < 1.29 is 29.1 Å². The van der Waals surface area contributed by atoms with Crippen molar-refractivity contribution >= 4 is 29.6 Å². The van der Waals surface area contributed by atoms with E-state index < -0.39 is 18.0 Å². The van der Waals surface area contributed by atoms with Gasteiger partial charge in [-0.3, -0.25) is 4.79 Å². The van der Waals surface area contributed by atoms with Crippen molar-refractivity contribution in [3.63, 3.8) is 0 Å². The van der Waals surface area contributed by atoms with Crippen LogP contribution < -0.4 is 5.32 Å². The SMILES string of the molecule is COC(=O)C1CC(c2ccc(-c3nc(-c4ccc(C(=O)O)cc4)[nH]c3-c3ccc(C=CC(=O)NCCCc4ccccc4)cc3)cc2)=NO1. The standard InChI is InChI=1S/C39H34N4O6/c1-48-39(47)33-24-32(43-49-33)27-14-16-29(17-15-27)36-35(41-37(42-36)30-18-20-31(21-19-30)38(45)46)28-12-9-26(10-13-28)11-22-34(44)40-23-5-8-25-6-3-2-4-7-25/h2-4,6-7,9-22,33H,5,8,23-24H2,1H3,(H,40,44)(H,41,42)(H,45,46). The van der Waals surface area contributed by atoms with Crippen molar-refractivity contribution in [2.24, 2.45) is 5.16 Å². The van der Waals surface area contributed by atoms with Gasteiger partial charge in [0.1, 0.15) is 5.82 Å². The van der Waals surface area contributed by atoms with Crippen molar-refractivity contribution in [1.29, 1.82) is 0 Å². The highest BCUT2D eigenvalue weighted by Gasteiger charge is 2.29. The molecule has 0 fully saturated rings. The lowest BCUT2D eigenvalue weighted by atomic mass is 10.00. The Morgan fingerprint density at radius 2 is 1.57 bits per heavy atom. The molecular formula is C39H34N4O6. The summed E-state index contributed by atoms with van der Waals surface area (Å²) in [5.74, 6) is -1.04. The number of ether oxygens (including phenoxy) is 1. The third kappa shape index (κ3) is 7.99. The summed E-state index contributed by atoms with van der Waals surface area (Å²) in [6.07, 6.45) is 4.63. The molecule has 6 rings (SSSR count). The number of amides is 1. The summed E-state index contributed by atoms with van der Waals surface area (Å²) in [5, 5.41) is 16.3. The Balaban J connectivity index is 1.19. The highest BCUT2D eigenvalue weighted by atomic mass is 16.7. The number of rotatable bonds is 12. The molecule has 246 valence electrons. The molecule has 49 heavy (non-hydrogen) atoms. The predicted octanol–water partition coefficient (Wildman–Crippen LogP) is 6.54. The number of aromatic amines is 1. The maximum Gasteiger partial charge on any atom is 0.350 e. The van der Waals surface area contributed by atoms with E-state index in [4.69, 9.17) is 14.6 Å². The maximum atomic E-state index is 12.4. The number of carbonyl (C=O) groups excluding carboxylic acids is 2. The first-order valence-electron chi connectivity index (χ1n) is 15.8. The average Bonchev–Trinajstić information content (AvgIpc) is 3.82. The van der Waals surface area contributed by atoms with Gasteiger partial charge >= 0.3 is 11.9 Å². The molecule has 0 saturated heterocycles. The second-order valence-corrected chi connectivity index (χ2v) is 11.5. The maximum absolute atomic E-state index is 12.4. The van der Waals surface area contributed by atoms with Gasteiger partial charge in [0.05, 0.1) is 29.8 Å². The van der Waals surface area contributed by atoms with E-state index in [1.165, 1.54) is 18.7 Å². The molecule has 10 heteroatoms. The number of hydrogen-bond donors (Lipinski definition) is 3. The van der Waals surface area contributed by atoms with Crippen molar-refractivity contribution in [2.45, 2.75) is 25.4 Å². The molecule has 0 spiro atoms. The van der Waals surface area contributed by atoms with Crippen LogP contribution in [0.4, 0.5) is 0 Å². The number of nitrogens with zero attached hydrogens (tertiary/aromatic N) is 2. The van der Waals surface area contributed by atoms with Crippen LogP contribution >= 0.6 is 0 Å². The molecule has 0 radical (unpaired) electrons. The zero-order chi connectivity index (χ0) is 34.2. The Morgan fingerprint density at radius 1 is 0.898 bits per heavy atom. The Bertz CT molecular complexity index is 2000. The second kappa shape index (κ2) is 15.1. The van der Waals surface area contributed by atoms with Crippen LogP contribution in [0.2, 0.25) is 0 Å². The van der Waals surface area contributed by atoms with E-state index in [1.807, 2.05) is 66.7 Å². The van der Waals surface area contributed by atoms with Gasteiger partial charge in [0.15, 0.2) is 0 Å². The van der Waals surface area contributed by atoms with Crippen LogP contribution in [0.15, 0.2) is 114 Å². The van der Waals surface area contributed by atoms with Gasteiger partial charge in [0.2, 0.25) is 12.0 Å². The van der Waals surface area contributed by atoms with Gasteiger partial charge in [-0.2, -0.15) is 0 Å². The summed E-state index contributed by atoms with van der Waals surface area (Å²) in [6, 6.07) is 32.1. The molecule has 4 aromatic carbocycles. The fraction of sp³-hybridized carbons (Fsp3) is 0.154. The minimum atomic E-state index is -1.00. The van der Waals surface area contributed by atoms with Crippen LogP contribution in [0.25, 0.3) is 40.0 Å². The number of esters is 1. The first kappa shape index (κ1) is 32.6. The number of carboxylic acids is 1. The van der Waals surface area contributed by atoms with E-state index in [9.17, 15) is 19.5 Å². The molecule has 1 atom stereocenters. The second-order valence-electron chi connectivity index (χ2n) is 11.5. The lowest BCUT2D eigenvalue weighted by Gasteiger charge is -2.06. The van der Waals surface area contributed by atoms with Crippen LogP contribution in [0.5, 0.6) is 0 Å². The Morgan fingerprint density at radius 3 is 2.27 bits per heavy atom. The van der Waals surface area contributed by atoms with Gasteiger partial charge in [-0.05, 0) is 47.7 Å². The van der Waals surface area contributed by atoms with Crippen LogP contribution in [0.1, 0.15) is 39.9 Å². The number of H-pyrrole nitrogens is 1. The molecule has 0 bridgehead atoms. The fourth-order valence-electron chi connectivity index (χ4n) is 5.47. The molecular weight excluding hydrogens is 620 g/mol. The van der Waals surface area contributed by atoms with Gasteiger partial charge in [-0.25, -0.2) is 14.6 Å². The molecule has 3 N–H and O–H groups in total. The van der Waals surface area contributed by atoms with E-state index in [-0.39, 0.29) is 11.5 Å². The van der Waals surface area contributed by atoms with Crippen LogP contribution in [-0.4, -0.2) is 58.4 Å². The van der Waals surface area contributed by atoms with Crippen LogP contribution in [0.3, 0.4) is 0 Å². The van der Waals surface area contributed by atoms with E-state index in [1.54, 1.807) is 30.3 Å². The summed E-state index contributed by atoms with van der Waals surface area (Å²) in [4.78, 5) is 49.3. The van der Waals surface area contributed by atoms with Gasteiger partial charge in [-0.1, -0.05) is 96.2 Å². The van der Waals surface area contributed by atoms with Crippen molar-refractivity contribution in [3.05, 3.63) is 131 Å². The Hall–Kier alpha value is -6.29. The van der Waals surface area contributed by atoms with E-state index >= 15 is 0 Å². The number of benzene rings is 4. The van der Waals surface area contributed by atoms with Crippen LogP contribution in [-0.2, 0) is 25.6 Å². The summed E-state index contributed by atoms with van der Waals surface area (Å²) in [5.41, 5.74) is 7.65. The molecule has 1 aliphatic heterocycles. The van der Waals surface area contributed by atoms with E-state index in [0.29, 0.717) is 30.2 Å². The number of nitrogens with one attached hydrogen (secondary N) is 2. The summed E-state index contributed by atoms with van der Waals surface area (Å²) < 4.78 is 4.77. The number of carbonyl (C=O) groups is 3.